The van der Waals surface area contributed by atoms with Crippen molar-refractivity contribution in [3.8, 4) is 0 Å². The molecule has 1 amide bonds. The zero-order valence-corrected chi connectivity index (χ0v) is 21.7. The Kier molecular flexibility index (Phi) is 8.35. The average molecular weight is 517 g/mol. The first-order valence-corrected chi connectivity index (χ1v) is 13.7. The van der Waals surface area contributed by atoms with Crippen molar-refractivity contribution in [2.45, 2.75) is 68.6 Å². The van der Waals surface area contributed by atoms with E-state index in [1.807, 2.05) is 60.7 Å². The molecule has 2 aliphatic rings. The van der Waals surface area contributed by atoms with E-state index in [-0.39, 0.29) is 17.6 Å². The van der Waals surface area contributed by atoms with E-state index in [1.54, 1.807) is 6.20 Å². The summed E-state index contributed by atoms with van der Waals surface area (Å²) in [5.74, 6) is -1.27. The summed E-state index contributed by atoms with van der Waals surface area (Å²) in [6, 6.07) is 18.8. The summed E-state index contributed by atoms with van der Waals surface area (Å²) in [6.45, 7) is 1.64. The number of nitrogens with one attached hydrogen (secondary N) is 2. The molecular weight excluding hydrogens is 479 g/mol. The van der Waals surface area contributed by atoms with Crippen LogP contribution in [0.1, 0.15) is 61.1 Å². The maximum atomic E-state index is 15.2. The number of rotatable bonds is 9. The van der Waals surface area contributed by atoms with Crippen LogP contribution < -0.4 is 16.4 Å². The Balaban J connectivity index is 1.38. The van der Waals surface area contributed by atoms with Gasteiger partial charge in [-0.05, 0) is 36.8 Å². The Morgan fingerprint density at radius 3 is 2.34 bits per heavy atom. The summed E-state index contributed by atoms with van der Waals surface area (Å²) in [6.07, 6.45) is 9.77. The number of carbonyl (C=O) groups is 1. The van der Waals surface area contributed by atoms with Gasteiger partial charge in [0.2, 0.25) is 5.91 Å². The summed E-state index contributed by atoms with van der Waals surface area (Å²) < 4.78 is 21.8. The van der Waals surface area contributed by atoms with Crippen molar-refractivity contribution in [3.05, 3.63) is 95.6 Å². The first kappa shape index (κ1) is 26.3. The molecule has 2 heterocycles. The van der Waals surface area contributed by atoms with Gasteiger partial charge in [0.1, 0.15) is 11.9 Å². The summed E-state index contributed by atoms with van der Waals surface area (Å²) in [4.78, 5) is 17.0. The van der Waals surface area contributed by atoms with Crippen molar-refractivity contribution < 1.29 is 13.9 Å². The number of nitrogens with zero attached hydrogens (tertiary/aromatic N) is 1. The number of aromatic nitrogens is 1. The third kappa shape index (κ3) is 6.05. The first-order valence-electron chi connectivity index (χ1n) is 13.7. The van der Waals surface area contributed by atoms with Crippen molar-refractivity contribution in [3.63, 3.8) is 0 Å². The van der Waals surface area contributed by atoms with Crippen molar-refractivity contribution >= 4 is 11.6 Å². The number of hydrogen-bond acceptors (Lipinski definition) is 5. The van der Waals surface area contributed by atoms with Crippen molar-refractivity contribution in [2.75, 3.05) is 18.4 Å². The Morgan fingerprint density at radius 1 is 1.05 bits per heavy atom. The lowest BCUT2D eigenvalue weighted by molar-refractivity contribution is -0.135. The molecule has 6 nitrogen and oxygen atoms in total. The predicted octanol–water partition coefficient (Wildman–Crippen LogP) is 4.94. The lowest BCUT2D eigenvalue weighted by Crippen LogP contribution is -2.54. The summed E-state index contributed by atoms with van der Waals surface area (Å²) in [7, 11) is 0. The maximum Gasteiger partial charge on any atom is 0.240 e. The number of carbonyl (C=O) groups excluding carboxylic acids is 1. The van der Waals surface area contributed by atoms with Gasteiger partial charge in [0.05, 0.1) is 29.8 Å². The van der Waals surface area contributed by atoms with Crippen LogP contribution in [-0.2, 0) is 16.0 Å². The van der Waals surface area contributed by atoms with E-state index in [9.17, 15) is 4.79 Å². The molecule has 38 heavy (non-hydrogen) atoms. The lowest BCUT2D eigenvalue weighted by Gasteiger charge is -2.44. The number of pyridine rings is 1. The van der Waals surface area contributed by atoms with Crippen LogP contribution in [0.15, 0.2) is 73.1 Å². The lowest BCUT2D eigenvalue weighted by atomic mass is 9.83. The Morgan fingerprint density at radius 2 is 1.71 bits per heavy atom. The van der Waals surface area contributed by atoms with Crippen LogP contribution in [0.5, 0.6) is 0 Å². The number of nitrogens with two attached hydrogens (primary N) is 1. The zero-order chi connectivity index (χ0) is 26.4. The van der Waals surface area contributed by atoms with E-state index in [2.05, 4.69) is 15.6 Å². The topological polar surface area (TPSA) is 89.3 Å². The highest BCUT2D eigenvalue weighted by Crippen LogP contribution is 2.35. The Labute approximate surface area is 224 Å². The number of hydrogen-bond donors (Lipinski definition) is 3. The summed E-state index contributed by atoms with van der Waals surface area (Å²) >= 11 is 0. The molecule has 5 rings (SSSR count). The molecule has 0 radical (unpaired) electrons. The second-order valence-electron chi connectivity index (χ2n) is 10.6. The zero-order valence-electron chi connectivity index (χ0n) is 21.7. The van der Waals surface area contributed by atoms with Crippen LogP contribution in [0.4, 0.5) is 10.1 Å². The summed E-state index contributed by atoms with van der Waals surface area (Å²) in [5.41, 5.74) is 8.76. The number of halogens is 1. The fraction of sp³-hybridized carbons (Fsp3) is 0.419. The van der Waals surface area contributed by atoms with Gasteiger partial charge in [0.15, 0.2) is 0 Å². The van der Waals surface area contributed by atoms with Crippen molar-refractivity contribution in [2.24, 2.45) is 5.73 Å². The molecular formula is C31H37FN4O2. The Hall–Kier alpha value is -3.29. The third-order valence-electron chi connectivity index (χ3n) is 7.99. The molecule has 2 aromatic carbocycles. The molecule has 0 bridgehead atoms. The van der Waals surface area contributed by atoms with E-state index in [0.717, 1.165) is 37.1 Å². The van der Waals surface area contributed by atoms with E-state index >= 15 is 4.39 Å². The molecule has 1 aromatic heterocycles. The highest BCUT2D eigenvalue weighted by Gasteiger charge is 2.38. The molecule has 4 N–H and O–H groups in total. The van der Waals surface area contributed by atoms with Gasteiger partial charge in [-0.25, -0.2) is 4.39 Å². The molecule has 2 atom stereocenters. The second kappa shape index (κ2) is 12.0. The smallest absolute Gasteiger partial charge is 0.240 e. The predicted molar refractivity (Wildman–Crippen MR) is 147 cm³/mol. The van der Waals surface area contributed by atoms with Gasteiger partial charge in [-0.1, -0.05) is 79.9 Å². The van der Waals surface area contributed by atoms with Crippen LogP contribution in [0, 0.1) is 5.82 Å². The maximum absolute atomic E-state index is 15.2. The van der Waals surface area contributed by atoms with E-state index in [1.165, 1.54) is 25.5 Å². The van der Waals surface area contributed by atoms with Crippen LogP contribution in [-0.4, -0.2) is 41.7 Å². The third-order valence-corrected chi connectivity index (χ3v) is 7.99. The number of morpholine rings is 1. The number of anilines is 1. The molecule has 1 aliphatic carbocycles. The van der Waals surface area contributed by atoms with E-state index < -0.39 is 17.8 Å². The molecule has 2 fully saturated rings. The van der Waals surface area contributed by atoms with Gasteiger partial charge in [0, 0.05) is 24.6 Å². The highest BCUT2D eigenvalue weighted by molar-refractivity contribution is 5.85. The standard InChI is InChI=1S/C31H37FN4O2/c32-26-19-34-20-27(25(26)15-14-24-18-35-21-31(38-24)16-8-3-9-17-31)36-29(30(33)37)28(22-10-4-1-5-11-22)23-12-6-2-7-13-23/h1-2,4-7,10-13,19-20,24,28-29,35-36H,3,8-9,14-18,21H2,(H2,33,37)/t24-,29+/m1/s1. The van der Waals surface area contributed by atoms with Gasteiger partial charge in [0.25, 0.3) is 0 Å². The fourth-order valence-electron chi connectivity index (χ4n) is 6.08. The monoisotopic (exact) mass is 516 g/mol. The van der Waals surface area contributed by atoms with Gasteiger partial charge in [-0.3, -0.25) is 9.78 Å². The number of primary amides is 1. The molecule has 1 spiro atoms. The van der Waals surface area contributed by atoms with Gasteiger partial charge in [-0.15, -0.1) is 0 Å². The molecule has 3 aromatic rings. The second-order valence-corrected chi connectivity index (χ2v) is 10.6. The van der Waals surface area contributed by atoms with Gasteiger partial charge in [-0.2, -0.15) is 0 Å². The average Bonchev–Trinajstić information content (AvgIpc) is 2.94. The number of amides is 1. The summed E-state index contributed by atoms with van der Waals surface area (Å²) in [5, 5.41) is 6.85. The molecule has 1 aliphatic heterocycles. The van der Waals surface area contributed by atoms with Gasteiger partial charge >= 0.3 is 0 Å². The largest absolute Gasteiger partial charge is 0.371 e. The molecule has 7 heteroatoms. The fourth-order valence-corrected chi connectivity index (χ4v) is 6.08. The highest BCUT2D eigenvalue weighted by atomic mass is 19.1. The van der Waals surface area contributed by atoms with Gasteiger partial charge < -0.3 is 21.1 Å². The SMILES string of the molecule is NC(=O)[C@@H](Nc1cncc(F)c1CC[C@@H]1CNCC2(CCCCC2)O1)C(c1ccccc1)c1ccccc1. The van der Waals surface area contributed by atoms with Crippen LogP contribution in [0.25, 0.3) is 0 Å². The minimum atomic E-state index is -0.805. The number of ether oxygens (including phenoxy) is 1. The first-order chi connectivity index (χ1) is 18.5. The van der Waals surface area contributed by atoms with Crippen molar-refractivity contribution in [1.29, 1.82) is 0 Å². The molecule has 1 saturated carbocycles. The molecule has 1 saturated heterocycles. The van der Waals surface area contributed by atoms with Crippen LogP contribution >= 0.6 is 0 Å². The van der Waals surface area contributed by atoms with Crippen LogP contribution in [0.3, 0.4) is 0 Å². The van der Waals surface area contributed by atoms with Crippen LogP contribution in [0.2, 0.25) is 0 Å². The normalized spacial score (nSPS) is 19.8. The van der Waals surface area contributed by atoms with Crippen molar-refractivity contribution in [1.82, 2.24) is 10.3 Å². The minimum absolute atomic E-state index is 0.00980. The molecule has 200 valence electrons. The quantitative estimate of drug-likeness (QED) is 0.375. The minimum Gasteiger partial charge on any atom is -0.371 e. The molecule has 0 unspecified atom stereocenters. The Bertz CT molecular complexity index is 1160. The van der Waals surface area contributed by atoms with E-state index in [0.29, 0.717) is 24.1 Å². The number of benzene rings is 2. The van der Waals surface area contributed by atoms with E-state index in [4.69, 9.17) is 10.5 Å².